The summed E-state index contributed by atoms with van der Waals surface area (Å²) in [5, 5.41) is 4.47. The number of aryl methyl sites for hydroxylation is 1. The number of aromatic nitrogens is 3. The third-order valence-corrected chi connectivity index (χ3v) is 4.02. The number of carbonyl (C=O) groups is 1. The summed E-state index contributed by atoms with van der Waals surface area (Å²) in [6.07, 6.45) is 4.28. The molecule has 2 N–H and O–H groups in total. The summed E-state index contributed by atoms with van der Waals surface area (Å²) in [5.74, 6) is 0.0168. The number of nitrogens with two attached hydrogens (primary N) is 1. The van der Waals surface area contributed by atoms with Gasteiger partial charge in [0.2, 0.25) is 0 Å². The fourth-order valence-electron chi connectivity index (χ4n) is 2.63. The normalized spacial score (nSPS) is 12.1. The first-order valence-electron chi connectivity index (χ1n) is 7.89. The van der Waals surface area contributed by atoms with Crippen molar-refractivity contribution in [3.63, 3.8) is 0 Å². The average Bonchev–Trinajstić information content (AvgIpc) is 2.97. The van der Waals surface area contributed by atoms with Gasteiger partial charge in [-0.15, -0.1) is 0 Å². The van der Waals surface area contributed by atoms with Crippen LogP contribution in [0, 0.1) is 0 Å². The van der Waals surface area contributed by atoms with E-state index in [2.05, 4.69) is 10.1 Å². The molecule has 0 aliphatic rings. The van der Waals surface area contributed by atoms with Crippen LogP contribution < -0.4 is 5.73 Å². The minimum atomic E-state index is -0.508. The largest absolute Gasteiger partial charge is 0.321 e. The fraction of sp³-hybridized carbons (Fsp3) is 0.211. The number of Topliss-reactive ketones (excluding diaryl/α,β-unsaturated/α-hetero) is 1. The third-order valence-electron chi connectivity index (χ3n) is 4.02. The van der Waals surface area contributed by atoms with E-state index in [4.69, 9.17) is 5.73 Å². The van der Waals surface area contributed by atoms with Crippen LogP contribution in [0.2, 0.25) is 0 Å². The van der Waals surface area contributed by atoms with E-state index in [1.54, 1.807) is 17.1 Å². The van der Waals surface area contributed by atoms with Crippen molar-refractivity contribution < 1.29 is 4.79 Å². The minimum absolute atomic E-state index is 0.0168. The second-order valence-electron chi connectivity index (χ2n) is 5.82. The summed E-state index contributed by atoms with van der Waals surface area (Å²) in [7, 11) is 1.84. The molecule has 122 valence electrons. The molecule has 0 spiro atoms. The first kappa shape index (κ1) is 16.1. The van der Waals surface area contributed by atoms with Gasteiger partial charge in [-0.25, -0.2) is 0 Å². The minimum Gasteiger partial charge on any atom is -0.321 e. The molecular weight excluding hydrogens is 300 g/mol. The summed E-state index contributed by atoms with van der Waals surface area (Å²) in [6, 6.07) is 15.0. The lowest BCUT2D eigenvalue weighted by atomic mass is 10.0. The lowest BCUT2D eigenvalue weighted by Crippen LogP contribution is -2.34. The van der Waals surface area contributed by atoms with Gasteiger partial charge in [0.25, 0.3) is 0 Å². The molecule has 0 saturated carbocycles. The Labute approximate surface area is 141 Å². The van der Waals surface area contributed by atoms with Gasteiger partial charge in [0.05, 0.1) is 18.2 Å². The zero-order valence-corrected chi connectivity index (χ0v) is 13.6. The van der Waals surface area contributed by atoms with E-state index in [9.17, 15) is 4.79 Å². The molecule has 0 saturated heterocycles. The maximum Gasteiger partial charge on any atom is 0.155 e. The standard InChI is InChI=1S/C19H20N4O/c1-23-16(12-18(22-23)15-7-9-21-10-8-15)13-19(24)17(20)11-14-5-3-2-4-6-14/h2-10,12,17H,11,13,20H2,1H3/t17-/m0/s1. The topological polar surface area (TPSA) is 73.8 Å². The number of hydrogen-bond donors (Lipinski definition) is 1. The van der Waals surface area contributed by atoms with Crippen molar-refractivity contribution in [3.05, 3.63) is 72.2 Å². The second kappa shape index (κ2) is 7.19. The smallest absolute Gasteiger partial charge is 0.155 e. The number of nitrogens with zero attached hydrogens (tertiary/aromatic N) is 3. The lowest BCUT2D eigenvalue weighted by molar-refractivity contribution is -0.119. The van der Waals surface area contributed by atoms with E-state index < -0.39 is 6.04 Å². The van der Waals surface area contributed by atoms with Crippen LogP contribution in [-0.4, -0.2) is 26.6 Å². The molecule has 1 atom stereocenters. The van der Waals surface area contributed by atoms with Gasteiger partial charge < -0.3 is 5.73 Å². The molecular formula is C19H20N4O. The molecule has 0 aliphatic heterocycles. The van der Waals surface area contributed by atoms with Crippen LogP contribution in [0.25, 0.3) is 11.3 Å². The highest BCUT2D eigenvalue weighted by atomic mass is 16.1. The number of benzene rings is 1. The van der Waals surface area contributed by atoms with Crippen molar-refractivity contribution in [2.45, 2.75) is 18.9 Å². The van der Waals surface area contributed by atoms with Crippen LogP contribution in [0.15, 0.2) is 60.9 Å². The molecule has 0 unspecified atom stereocenters. The van der Waals surface area contributed by atoms with Gasteiger partial charge in [0.1, 0.15) is 0 Å². The first-order chi connectivity index (χ1) is 11.6. The Kier molecular flexibility index (Phi) is 4.82. The average molecular weight is 320 g/mol. The van der Waals surface area contributed by atoms with Crippen molar-refractivity contribution in [2.75, 3.05) is 0 Å². The third kappa shape index (κ3) is 3.75. The molecule has 0 radical (unpaired) electrons. The summed E-state index contributed by atoms with van der Waals surface area (Å²) in [4.78, 5) is 16.4. The molecule has 0 aliphatic carbocycles. The van der Waals surface area contributed by atoms with Crippen LogP contribution in [0.3, 0.4) is 0 Å². The predicted octanol–water partition coefficient (Wildman–Crippen LogP) is 2.16. The molecule has 3 rings (SSSR count). The summed E-state index contributed by atoms with van der Waals surface area (Å²) < 4.78 is 1.74. The molecule has 1 aromatic carbocycles. The van der Waals surface area contributed by atoms with Crippen molar-refractivity contribution in [2.24, 2.45) is 12.8 Å². The van der Waals surface area contributed by atoms with Gasteiger partial charge in [0.15, 0.2) is 5.78 Å². The number of pyridine rings is 1. The molecule has 0 amide bonds. The molecule has 3 aromatic rings. The Morgan fingerprint density at radius 1 is 1.17 bits per heavy atom. The molecule has 2 heterocycles. The highest BCUT2D eigenvalue weighted by Crippen LogP contribution is 2.18. The van der Waals surface area contributed by atoms with Crippen LogP contribution in [0.4, 0.5) is 0 Å². The zero-order valence-electron chi connectivity index (χ0n) is 13.6. The van der Waals surface area contributed by atoms with Crippen LogP contribution in [0.5, 0.6) is 0 Å². The van der Waals surface area contributed by atoms with E-state index in [1.165, 1.54) is 0 Å². The van der Waals surface area contributed by atoms with E-state index in [0.717, 1.165) is 22.5 Å². The van der Waals surface area contributed by atoms with Crippen LogP contribution >= 0.6 is 0 Å². The Balaban J connectivity index is 1.69. The number of hydrogen-bond acceptors (Lipinski definition) is 4. The van der Waals surface area contributed by atoms with Crippen molar-refractivity contribution >= 4 is 5.78 Å². The Bertz CT molecular complexity index is 812. The van der Waals surface area contributed by atoms with E-state index in [0.29, 0.717) is 6.42 Å². The van der Waals surface area contributed by atoms with Crippen molar-refractivity contribution in [1.82, 2.24) is 14.8 Å². The van der Waals surface area contributed by atoms with Crippen LogP contribution in [-0.2, 0) is 24.7 Å². The summed E-state index contributed by atoms with van der Waals surface area (Å²) in [6.45, 7) is 0. The van der Waals surface area contributed by atoms with Crippen molar-refractivity contribution in [3.8, 4) is 11.3 Å². The highest BCUT2D eigenvalue weighted by molar-refractivity contribution is 5.86. The molecule has 24 heavy (non-hydrogen) atoms. The fourth-order valence-corrected chi connectivity index (χ4v) is 2.63. The van der Waals surface area contributed by atoms with E-state index in [1.807, 2.05) is 55.6 Å². The molecule has 5 heteroatoms. The van der Waals surface area contributed by atoms with Gasteiger partial charge in [-0.2, -0.15) is 5.10 Å². The molecule has 2 aromatic heterocycles. The lowest BCUT2D eigenvalue weighted by Gasteiger charge is -2.10. The maximum absolute atomic E-state index is 12.4. The molecule has 5 nitrogen and oxygen atoms in total. The number of carbonyl (C=O) groups excluding carboxylic acids is 1. The highest BCUT2D eigenvalue weighted by Gasteiger charge is 2.17. The Hall–Kier alpha value is -2.79. The Morgan fingerprint density at radius 3 is 2.58 bits per heavy atom. The zero-order chi connectivity index (χ0) is 16.9. The van der Waals surface area contributed by atoms with Crippen LogP contribution in [0.1, 0.15) is 11.3 Å². The number of rotatable bonds is 6. The van der Waals surface area contributed by atoms with Crippen molar-refractivity contribution in [1.29, 1.82) is 0 Å². The van der Waals surface area contributed by atoms with Gasteiger partial charge in [0, 0.05) is 30.7 Å². The van der Waals surface area contributed by atoms with Gasteiger partial charge in [-0.3, -0.25) is 14.5 Å². The SMILES string of the molecule is Cn1nc(-c2ccncc2)cc1CC(=O)[C@@H](N)Cc1ccccc1. The monoisotopic (exact) mass is 320 g/mol. The summed E-state index contributed by atoms with van der Waals surface area (Å²) >= 11 is 0. The van der Waals surface area contributed by atoms with Gasteiger partial charge in [-0.1, -0.05) is 30.3 Å². The molecule has 0 fully saturated rings. The number of ketones is 1. The first-order valence-corrected chi connectivity index (χ1v) is 7.89. The quantitative estimate of drug-likeness (QED) is 0.755. The van der Waals surface area contributed by atoms with E-state index in [-0.39, 0.29) is 12.2 Å². The van der Waals surface area contributed by atoms with Gasteiger partial charge >= 0.3 is 0 Å². The predicted molar refractivity (Wildman–Crippen MR) is 93.3 cm³/mol. The van der Waals surface area contributed by atoms with E-state index >= 15 is 0 Å². The van der Waals surface area contributed by atoms with Gasteiger partial charge in [-0.05, 0) is 30.2 Å². The summed E-state index contributed by atoms with van der Waals surface area (Å²) in [5.41, 5.74) is 9.82. The second-order valence-corrected chi connectivity index (χ2v) is 5.82. The maximum atomic E-state index is 12.4. The Morgan fingerprint density at radius 2 is 1.88 bits per heavy atom. The molecule has 0 bridgehead atoms.